The number of carbonyl (C=O) groups is 1. The van der Waals surface area contributed by atoms with Gasteiger partial charge < -0.3 is 14.8 Å². The maximum atomic E-state index is 11.9. The third-order valence-electron chi connectivity index (χ3n) is 2.41. The Morgan fingerprint density at radius 3 is 2.41 bits per heavy atom. The first-order valence-corrected chi connectivity index (χ1v) is 5.95. The first-order chi connectivity index (χ1) is 8.06. The van der Waals surface area contributed by atoms with Crippen molar-refractivity contribution in [3.05, 3.63) is 21.7 Å². The van der Waals surface area contributed by atoms with Gasteiger partial charge in [-0.25, -0.2) is 0 Å². The van der Waals surface area contributed by atoms with Crippen LogP contribution in [0.1, 0.15) is 15.9 Å². The largest absolute Gasteiger partial charge is 0.495 e. The standard InChI is InChI=1S/C12H16BrNO3/c1-7-5-8(9(15)6-14-2)12(17-4)10(13)11(7)16-3/h5,14H,6H2,1-4H3. The fourth-order valence-corrected chi connectivity index (χ4v) is 2.51. The van der Waals surface area contributed by atoms with Crippen LogP contribution in [-0.2, 0) is 0 Å². The van der Waals surface area contributed by atoms with E-state index < -0.39 is 0 Å². The first-order valence-electron chi connectivity index (χ1n) is 5.15. The molecular weight excluding hydrogens is 286 g/mol. The molecule has 0 aromatic heterocycles. The number of methoxy groups -OCH3 is 2. The number of Topliss-reactive ketones (excluding diaryl/α,β-unsaturated/α-hetero) is 1. The molecule has 0 saturated heterocycles. The van der Waals surface area contributed by atoms with Crippen molar-refractivity contribution < 1.29 is 14.3 Å². The van der Waals surface area contributed by atoms with E-state index in [1.54, 1.807) is 20.2 Å². The quantitative estimate of drug-likeness (QED) is 0.847. The number of halogens is 1. The number of rotatable bonds is 5. The molecule has 0 radical (unpaired) electrons. The number of aryl methyl sites for hydroxylation is 1. The number of carbonyl (C=O) groups excluding carboxylic acids is 1. The summed E-state index contributed by atoms with van der Waals surface area (Å²) in [6.45, 7) is 2.16. The Labute approximate surface area is 109 Å². The summed E-state index contributed by atoms with van der Waals surface area (Å²) in [4.78, 5) is 11.9. The number of benzene rings is 1. The SMILES string of the molecule is CNCC(=O)c1cc(C)c(OC)c(Br)c1OC. The average Bonchev–Trinajstić information content (AvgIpc) is 2.29. The second kappa shape index (κ2) is 6.02. The van der Waals surface area contributed by atoms with Gasteiger partial charge >= 0.3 is 0 Å². The van der Waals surface area contributed by atoms with E-state index in [-0.39, 0.29) is 12.3 Å². The molecule has 1 N–H and O–H groups in total. The number of ether oxygens (including phenoxy) is 2. The lowest BCUT2D eigenvalue weighted by Crippen LogP contribution is -2.19. The van der Waals surface area contributed by atoms with Crippen molar-refractivity contribution in [2.75, 3.05) is 27.8 Å². The predicted octanol–water partition coefficient (Wildman–Crippen LogP) is 2.18. The fourth-order valence-electron chi connectivity index (χ4n) is 1.66. The maximum Gasteiger partial charge on any atom is 0.180 e. The monoisotopic (exact) mass is 301 g/mol. The van der Waals surface area contributed by atoms with Crippen LogP contribution in [0.25, 0.3) is 0 Å². The van der Waals surface area contributed by atoms with E-state index in [1.807, 2.05) is 6.92 Å². The Morgan fingerprint density at radius 2 is 1.94 bits per heavy atom. The van der Waals surface area contributed by atoms with E-state index in [0.717, 1.165) is 5.56 Å². The van der Waals surface area contributed by atoms with Crippen molar-refractivity contribution in [1.29, 1.82) is 0 Å². The molecular formula is C12H16BrNO3. The van der Waals surface area contributed by atoms with Gasteiger partial charge in [0.25, 0.3) is 0 Å². The third kappa shape index (κ3) is 2.79. The molecule has 0 bridgehead atoms. The highest BCUT2D eigenvalue weighted by atomic mass is 79.9. The number of nitrogens with one attached hydrogen (secondary N) is 1. The second-order valence-electron chi connectivity index (χ2n) is 3.58. The molecule has 0 aliphatic rings. The molecule has 0 aliphatic heterocycles. The minimum Gasteiger partial charge on any atom is -0.495 e. The van der Waals surface area contributed by atoms with Gasteiger partial charge in [-0.05, 0) is 41.5 Å². The Bertz CT molecular complexity index is 432. The van der Waals surface area contributed by atoms with Crippen molar-refractivity contribution in [1.82, 2.24) is 5.32 Å². The van der Waals surface area contributed by atoms with Crippen LogP contribution in [0.15, 0.2) is 10.5 Å². The van der Waals surface area contributed by atoms with Crippen LogP contribution in [0.5, 0.6) is 11.5 Å². The summed E-state index contributed by atoms with van der Waals surface area (Å²) in [5.41, 5.74) is 1.44. The van der Waals surface area contributed by atoms with Gasteiger partial charge in [0.1, 0.15) is 16.0 Å². The molecule has 4 nitrogen and oxygen atoms in total. The summed E-state index contributed by atoms with van der Waals surface area (Å²) < 4.78 is 11.2. The molecule has 1 aromatic carbocycles. The Kier molecular flexibility index (Phi) is 4.96. The van der Waals surface area contributed by atoms with Crippen molar-refractivity contribution >= 4 is 21.7 Å². The van der Waals surface area contributed by atoms with Crippen molar-refractivity contribution in [2.45, 2.75) is 6.92 Å². The predicted molar refractivity (Wildman–Crippen MR) is 70.2 cm³/mol. The summed E-state index contributed by atoms with van der Waals surface area (Å²) in [5, 5.41) is 2.83. The summed E-state index contributed by atoms with van der Waals surface area (Å²) in [5.74, 6) is 1.17. The van der Waals surface area contributed by atoms with E-state index in [4.69, 9.17) is 9.47 Å². The van der Waals surface area contributed by atoms with Crippen LogP contribution in [0.3, 0.4) is 0 Å². The van der Waals surface area contributed by atoms with Gasteiger partial charge in [0.05, 0.1) is 26.3 Å². The van der Waals surface area contributed by atoms with E-state index in [0.29, 0.717) is 21.5 Å². The van der Waals surface area contributed by atoms with Gasteiger partial charge in [-0.3, -0.25) is 4.79 Å². The summed E-state index contributed by atoms with van der Waals surface area (Å²) in [7, 11) is 4.85. The molecule has 0 amide bonds. The molecule has 0 atom stereocenters. The molecule has 0 unspecified atom stereocenters. The van der Waals surface area contributed by atoms with E-state index in [2.05, 4.69) is 21.2 Å². The van der Waals surface area contributed by atoms with Gasteiger partial charge in [0.15, 0.2) is 5.78 Å². The van der Waals surface area contributed by atoms with E-state index in [1.165, 1.54) is 7.11 Å². The minimum atomic E-state index is -0.0178. The van der Waals surface area contributed by atoms with E-state index in [9.17, 15) is 4.79 Å². The topological polar surface area (TPSA) is 47.6 Å². The zero-order chi connectivity index (χ0) is 13.0. The first kappa shape index (κ1) is 14.0. The highest BCUT2D eigenvalue weighted by Gasteiger charge is 2.19. The van der Waals surface area contributed by atoms with Gasteiger partial charge in [0.2, 0.25) is 0 Å². The van der Waals surface area contributed by atoms with Crippen molar-refractivity contribution in [3.63, 3.8) is 0 Å². The van der Waals surface area contributed by atoms with Crippen molar-refractivity contribution in [3.8, 4) is 11.5 Å². The minimum absolute atomic E-state index is 0.0178. The lowest BCUT2D eigenvalue weighted by molar-refractivity contribution is 0.0990. The lowest BCUT2D eigenvalue weighted by atomic mass is 10.1. The maximum absolute atomic E-state index is 11.9. The fraction of sp³-hybridized carbons (Fsp3) is 0.417. The third-order valence-corrected chi connectivity index (χ3v) is 3.13. The summed E-state index contributed by atoms with van der Waals surface area (Å²) in [6, 6.07) is 1.78. The van der Waals surface area contributed by atoms with Crippen LogP contribution in [0.2, 0.25) is 0 Å². The highest BCUT2D eigenvalue weighted by molar-refractivity contribution is 9.10. The molecule has 0 fully saturated rings. The molecule has 1 aromatic rings. The molecule has 0 heterocycles. The number of likely N-dealkylation sites (N-methyl/N-ethyl adjacent to an activating group) is 1. The number of hydrogen-bond donors (Lipinski definition) is 1. The second-order valence-corrected chi connectivity index (χ2v) is 4.37. The van der Waals surface area contributed by atoms with Crippen LogP contribution < -0.4 is 14.8 Å². The molecule has 1 rings (SSSR count). The Balaban J connectivity index is 3.36. The Hall–Kier alpha value is -1.07. The molecule has 17 heavy (non-hydrogen) atoms. The van der Waals surface area contributed by atoms with Gasteiger partial charge in [-0.2, -0.15) is 0 Å². The van der Waals surface area contributed by atoms with Crippen LogP contribution in [0, 0.1) is 6.92 Å². The molecule has 94 valence electrons. The van der Waals surface area contributed by atoms with E-state index >= 15 is 0 Å². The number of ketones is 1. The average molecular weight is 302 g/mol. The van der Waals surface area contributed by atoms with Crippen molar-refractivity contribution in [2.24, 2.45) is 0 Å². The highest BCUT2D eigenvalue weighted by Crippen LogP contribution is 2.39. The summed E-state index contributed by atoms with van der Waals surface area (Å²) in [6.07, 6.45) is 0. The van der Waals surface area contributed by atoms with Crippen LogP contribution in [0.4, 0.5) is 0 Å². The number of hydrogen-bond acceptors (Lipinski definition) is 4. The van der Waals surface area contributed by atoms with Crippen LogP contribution >= 0.6 is 15.9 Å². The zero-order valence-electron chi connectivity index (χ0n) is 10.4. The van der Waals surface area contributed by atoms with Gasteiger partial charge in [-0.1, -0.05) is 0 Å². The van der Waals surface area contributed by atoms with Gasteiger partial charge in [0, 0.05) is 0 Å². The van der Waals surface area contributed by atoms with Crippen LogP contribution in [-0.4, -0.2) is 33.6 Å². The lowest BCUT2D eigenvalue weighted by Gasteiger charge is -2.15. The molecule has 5 heteroatoms. The van der Waals surface area contributed by atoms with Gasteiger partial charge in [-0.15, -0.1) is 0 Å². The molecule has 0 saturated carbocycles. The smallest absolute Gasteiger partial charge is 0.180 e. The summed E-state index contributed by atoms with van der Waals surface area (Å²) >= 11 is 3.40. The molecule has 0 aliphatic carbocycles. The zero-order valence-corrected chi connectivity index (χ0v) is 12.0. The molecule has 0 spiro atoms. The Morgan fingerprint density at radius 1 is 1.35 bits per heavy atom. The normalized spacial score (nSPS) is 10.2.